The van der Waals surface area contributed by atoms with Crippen molar-refractivity contribution in [2.45, 2.75) is 147 Å². The summed E-state index contributed by atoms with van der Waals surface area (Å²) in [6.45, 7) is 0. The smallest absolute Gasteiger partial charge is 0.342 e. The molecule has 2 fully saturated rings. The first-order valence-corrected chi connectivity index (χ1v) is 15.6. The first-order valence-electron chi connectivity index (χ1n) is 15.6. The number of nitro groups is 2. The van der Waals surface area contributed by atoms with E-state index in [9.17, 15) is 30.1 Å². The average molecular weight is 563 g/mol. The van der Waals surface area contributed by atoms with Gasteiger partial charge in [0, 0.05) is 6.07 Å². The number of aliphatic hydroxyl groups is 1. The van der Waals surface area contributed by atoms with Crippen LogP contribution in [0.25, 0.3) is 0 Å². The predicted octanol–water partition coefficient (Wildman–Crippen LogP) is 9.14. The van der Waals surface area contributed by atoms with E-state index >= 15 is 0 Å². The van der Waals surface area contributed by atoms with Gasteiger partial charge < -0.3 is 10.2 Å². The molecule has 2 aliphatic rings. The molecular weight excluding hydrogens is 512 g/mol. The summed E-state index contributed by atoms with van der Waals surface area (Å²) in [7, 11) is 0. The second-order valence-corrected chi connectivity index (χ2v) is 11.8. The monoisotopic (exact) mass is 562 g/mol. The number of nitro benzene ring substituents is 2. The molecule has 0 heterocycles. The number of carboxylic acids is 1. The van der Waals surface area contributed by atoms with Crippen molar-refractivity contribution in [1.29, 1.82) is 0 Å². The largest absolute Gasteiger partial charge is 0.477 e. The van der Waals surface area contributed by atoms with Gasteiger partial charge in [0.1, 0.15) is 5.56 Å². The Labute approximate surface area is 239 Å². The number of carbonyl (C=O) groups is 1. The van der Waals surface area contributed by atoms with Crippen LogP contribution < -0.4 is 0 Å². The lowest BCUT2D eigenvalue weighted by atomic mass is 9.68. The number of non-ortho nitro benzene ring substituents is 1. The zero-order valence-electron chi connectivity index (χ0n) is 24.2. The molecule has 226 valence electrons. The highest BCUT2D eigenvalue weighted by Gasteiger charge is 2.36. The van der Waals surface area contributed by atoms with Gasteiger partial charge in [0.2, 0.25) is 0 Å². The van der Waals surface area contributed by atoms with Gasteiger partial charge in [0.25, 0.3) is 11.4 Å². The molecule has 0 aromatic heterocycles. The molecule has 0 aliphatic heterocycles. The first kappa shape index (κ1) is 33.7. The first-order chi connectivity index (χ1) is 19.3. The van der Waals surface area contributed by atoms with Gasteiger partial charge in [0.05, 0.1) is 22.0 Å². The van der Waals surface area contributed by atoms with E-state index in [0.29, 0.717) is 6.07 Å². The molecular formula is C31H50N2O7. The van der Waals surface area contributed by atoms with Crippen molar-refractivity contribution in [2.24, 2.45) is 5.41 Å². The molecule has 1 unspecified atom stereocenters. The van der Waals surface area contributed by atoms with Crippen LogP contribution >= 0.6 is 0 Å². The molecule has 1 aromatic rings. The van der Waals surface area contributed by atoms with Gasteiger partial charge in [-0.05, 0) is 37.2 Å². The Balaban J connectivity index is 0.000000319. The molecule has 2 saturated carbocycles. The fourth-order valence-corrected chi connectivity index (χ4v) is 6.39. The normalized spacial score (nSPS) is 22.0. The zero-order valence-corrected chi connectivity index (χ0v) is 24.2. The van der Waals surface area contributed by atoms with E-state index in [0.717, 1.165) is 18.6 Å². The maximum absolute atomic E-state index is 11.2. The van der Waals surface area contributed by atoms with E-state index in [4.69, 9.17) is 5.11 Å². The van der Waals surface area contributed by atoms with Gasteiger partial charge in [-0.15, -0.1) is 0 Å². The number of rotatable bonds is 3. The second kappa shape index (κ2) is 18.7. The number of carboxylic acid groups (broad SMARTS) is 1. The van der Waals surface area contributed by atoms with Crippen molar-refractivity contribution in [2.75, 3.05) is 0 Å². The fraction of sp³-hybridized carbons (Fsp3) is 0.774. The predicted molar refractivity (Wildman–Crippen MR) is 157 cm³/mol. The lowest BCUT2D eigenvalue weighted by Crippen LogP contribution is -2.35. The SMILES string of the molecule is O=C(O)c1ccc([N+](=O)[O-])cc1[N+](=O)[O-].OC1CCCCCCCCCCCC12CCCCCCCCCCC2. The lowest BCUT2D eigenvalue weighted by Gasteiger charge is -2.39. The van der Waals surface area contributed by atoms with E-state index in [1.165, 1.54) is 135 Å². The summed E-state index contributed by atoms with van der Waals surface area (Å²) < 4.78 is 0. The average Bonchev–Trinajstić information content (AvgIpc) is 2.94. The highest BCUT2D eigenvalue weighted by atomic mass is 16.6. The Hall–Kier alpha value is -2.55. The Morgan fingerprint density at radius 2 is 1.07 bits per heavy atom. The van der Waals surface area contributed by atoms with Crippen LogP contribution in [0.15, 0.2) is 18.2 Å². The maximum Gasteiger partial charge on any atom is 0.342 e. The number of hydrogen-bond donors (Lipinski definition) is 2. The molecule has 1 spiro atoms. The molecule has 0 amide bonds. The topological polar surface area (TPSA) is 144 Å². The number of benzene rings is 1. The van der Waals surface area contributed by atoms with E-state index in [1.807, 2.05) is 0 Å². The fourth-order valence-electron chi connectivity index (χ4n) is 6.39. The third kappa shape index (κ3) is 11.9. The Bertz CT molecular complexity index is 909. The summed E-state index contributed by atoms with van der Waals surface area (Å²) in [5.41, 5.74) is -1.64. The molecule has 1 aromatic carbocycles. The van der Waals surface area contributed by atoms with Gasteiger partial charge in [0.15, 0.2) is 0 Å². The third-order valence-corrected chi connectivity index (χ3v) is 8.83. The van der Waals surface area contributed by atoms with E-state index in [-0.39, 0.29) is 11.5 Å². The van der Waals surface area contributed by atoms with Gasteiger partial charge in [-0.1, -0.05) is 116 Å². The van der Waals surface area contributed by atoms with Crippen molar-refractivity contribution >= 4 is 17.3 Å². The van der Waals surface area contributed by atoms with Gasteiger partial charge in [-0.25, -0.2) is 4.79 Å². The maximum atomic E-state index is 11.2. The van der Waals surface area contributed by atoms with Crippen molar-refractivity contribution in [3.8, 4) is 0 Å². The quantitative estimate of drug-likeness (QED) is 0.276. The van der Waals surface area contributed by atoms with Crippen molar-refractivity contribution in [3.63, 3.8) is 0 Å². The minimum absolute atomic E-state index is 0.0313. The Kier molecular flexibility index (Phi) is 15.8. The van der Waals surface area contributed by atoms with Crippen LogP contribution in [0.2, 0.25) is 0 Å². The van der Waals surface area contributed by atoms with E-state index in [1.54, 1.807) is 0 Å². The molecule has 9 nitrogen and oxygen atoms in total. The summed E-state index contributed by atoms with van der Waals surface area (Å²) in [4.78, 5) is 29.4. The van der Waals surface area contributed by atoms with Crippen LogP contribution in [-0.4, -0.2) is 32.1 Å². The minimum atomic E-state index is -1.50. The highest BCUT2D eigenvalue weighted by molar-refractivity contribution is 5.92. The summed E-state index contributed by atoms with van der Waals surface area (Å²) in [5.74, 6) is -1.50. The van der Waals surface area contributed by atoms with Crippen LogP contribution in [0.4, 0.5) is 11.4 Å². The van der Waals surface area contributed by atoms with Gasteiger partial charge in [-0.2, -0.15) is 0 Å². The Morgan fingerprint density at radius 3 is 1.45 bits per heavy atom. The molecule has 1 atom stereocenters. The standard InChI is InChI=1S/C24H46O.C7H4N2O6/c25-23-19-15-11-7-3-1-4-8-12-16-20-24(23)21-17-13-9-5-2-6-10-14-18-22-24;10-7(11)5-2-1-4(8(12)13)3-6(5)9(14)15/h23,25H,1-22H2;1-3H,(H,10,11). The molecule has 0 bridgehead atoms. The zero-order chi connectivity index (χ0) is 29.2. The number of aromatic carboxylic acids is 1. The van der Waals surface area contributed by atoms with Crippen molar-refractivity contribution < 1.29 is 24.9 Å². The number of hydrogen-bond acceptors (Lipinski definition) is 6. The Morgan fingerprint density at radius 1 is 0.675 bits per heavy atom. The van der Waals surface area contributed by atoms with Crippen LogP contribution in [0, 0.1) is 25.6 Å². The molecule has 40 heavy (non-hydrogen) atoms. The lowest BCUT2D eigenvalue weighted by molar-refractivity contribution is -0.394. The number of aliphatic hydroxyl groups excluding tert-OH is 1. The summed E-state index contributed by atoms with van der Waals surface area (Å²) in [5, 5.41) is 40.5. The van der Waals surface area contributed by atoms with Crippen LogP contribution in [-0.2, 0) is 0 Å². The second-order valence-electron chi connectivity index (χ2n) is 11.8. The van der Waals surface area contributed by atoms with Crippen molar-refractivity contribution in [1.82, 2.24) is 0 Å². The molecule has 2 aliphatic carbocycles. The summed E-state index contributed by atoms with van der Waals surface area (Å²) in [6, 6.07) is 2.35. The number of nitrogens with zero attached hydrogens (tertiary/aromatic N) is 2. The summed E-state index contributed by atoms with van der Waals surface area (Å²) in [6.07, 6.45) is 30.1. The van der Waals surface area contributed by atoms with Crippen molar-refractivity contribution in [3.05, 3.63) is 44.0 Å². The van der Waals surface area contributed by atoms with Gasteiger partial charge in [-0.3, -0.25) is 20.2 Å². The van der Waals surface area contributed by atoms with Crippen LogP contribution in [0.5, 0.6) is 0 Å². The molecule has 0 radical (unpaired) electrons. The van der Waals surface area contributed by atoms with E-state index in [2.05, 4.69) is 0 Å². The molecule has 0 saturated heterocycles. The molecule has 2 N–H and O–H groups in total. The molecule has 3 rings (SSSR count). The molecule has 9 heteroatoms. The summed E-state index contributed by atoms with van der Waals surface area (Å²) >= 11 is 0. The third-order valence-electron chi connectivity index (χ3n) is 8.83. The van der Waals surface area contributed by atoms with E-state index < -0.39 is 32.8 Å². The minimum Gasteiger partial charge on any atom is -0.477 e. The van der Waals surface area contributed by atoms with Crippen LogP contribution in [0.1, 0.15) is 152 Å². The highest BCUT2D eigenvalue weighted by Crippen LogP contribution is 2.43. The van der Waals surface area contributed by atoms with Gasteiger partial charge >= 0.3 is 5.97 Å². The van der Waals surface area contributed by atoms with Crippen LogP contribution in [0.3, 0.4) is 0 Å².